The van der Waals surface area contributed by atoms with Gasteiger partial charge in [-0.15, -0.1) is 10.2 Å². The summed E-state index contributed by atoms with van der Waals surface area (Å²) < 4.78 is 5.23. The van der Waals surface area contributed by atoms with Gasteiger partial charge in [0.05, 0.1) is 27.6 Å². The largest absolute Gasteiger partial charge is 0.465 e. The van der Waals surface area contributed by atoms with Gasteiger partial charge >= 0.3 is 0 Å². The molecule has 0 amide bonds. The number of nitriles is 1. The number of aryl methyl sites for hydroxylation is 1. The number of hydrogen-bond acceptors (Lipinski definition) is 6. The minimum absolute atomic E-state index is 0.295. The van der Waals surface area contributed by atoms with Crippen molar-refractivity contribution in [2.75, 3.05) is 0 Å². The third-order valence-electron chi connectivity index (χ3n) is 3.18. The van der Waals surface area contributed by atoms with E-state index in [0.29, 0.717) is 47.8 Å². The summed E-state index contributed by atoms with van der Waals surface area (Å²) in [6, 6.07) is 8.68. The van der Waals surface area contributed by atoms with Gasteiger partial charge in [-0.1, -0.05) is 46.1 Å². The van der Waals surface area contributed by atoms with E-state index in [0.717, 1.165) is 0 Å². The quantitative estimate of drug-likeness (QED) is 0.322. The number of hydrogen-bond donors (Lipinski definition) is 0. The van der Waals surface area contributed by atoms with E-state index < -0.39 is 0 Å². The number of allylic oxidation sites excluding steroid dienone is 1. The normalized spacial score (nSPS) is 11.9. The van der Waals surface area contributed by atoms with Crippen molar-refractivity contribution in [3.8, 4) is 6.07 Å². The molecule has 2 heterocycles. The first-order valence-corrected chi connectivity index (χ1v) is 9.12. The molecule has 0 radical (unpaired) electrons. The van der Waals surface area contributed by atoms with E-state index >= 15 is 0 Å². The van der Waals surface area contributed by atoms with Crippen LogP contribution in [0.1, 0.15) is 16.5 Å². The highest BCUT2D eigenvalue weighted by Gasteiger charge is 2.13. The van der Waals surface area contributed by atoms with Crippen LogP contribution in [0.15, 0.2) is 45.2 Å². The lowest BCUT2D eigenvalue weighted by Crippen LogP contribution is -1.80. The summed E-state index contributed by atoms with van der Waals surface area (Å²) in [6.45, 7) is 1.78. The van der Waals surface area contributed by atoms with Crippen LogP contribution in [-0.4, -0.2) is 4.98 Å². The maximum absolute atomic E-state index is 9.39. The van der Waals surface area contributed by atoms with Gasteiger partial charge in [0.15, 0.2) is 5.00 Å². The summed E-state index contributed by atoms with van der Waals surface area (Å²) in [5.41, 5.74) is 1.33. The molecule has 9 heteroatoms. The molecular formula is C17H9Cl3N4OS. The van der Waals surface area contributed by atoms with Crippen molar-refractivity contribution in [1.29, 1.82) is 5.26 Å². The molecule has 130 valence electrons. The molecule has 0 fully saturated rings. The number of halogens is 3. The molecule has 2 aromatic heterocycles. The van der Waals surface area contributed by atoms with Crippen LogP contribution in [-0.2, 0) is 0 Å². The minimum Gasteiger partial charge on any atom is -0.465 e. The molecule has 0 saturated heterocycles. The molecule has 0 N–H and O–H groups in total. The molecular weight excluding hydrogens is 415 g/mol. The molecule has 0 saturated carbocycles. The summed E-state index contributed by atoms with van der Waals surface area (Å²) in [5, 5.41) is 19.7. The first kappa shape index (κ1) is 18.6. The third kappa shape index (κ3) is 4.14. The number of thiazole rings is 1. The SMILES string of the molecule is Cc1nc(/C(C#N)=C/c2ccco2)sc1N=Nc1c(Cl)cc(Cl)cc1Cl. The van der Waals surface area contributed by atoms with Gasteiger partial charge in [-0.05, 0) is 31.2 Å². The number of benzene rings is 1. The Labute approximate surface area is 168 Å². The highest BCUT2D eigenvalue weighted by Crippen LogP contribution is 2.38. The smallest absolute Gasteiger partial charge is 0.162 e. The summed E-state index contributed by atoms with van der Waals surface area (Å²) in [4.78, 5) is 4.38. The Morgan fingerprint density at radius 1 is 1.27 bits per heavy atom. The molecule has 0 bridgehead atoms. The van der Waals surface area contributed by atoms with Crippen molar-refractivity contribution in [2.24, 2.45) is 10.2 Å². The van der Waals surface area contributed by atoms with Gasteiger partial charge in [0.1, 0.15) is 22.5 Å². The Balaban J connectivity index is 1.93. The highest BCUT2D eigenvalue weighted by atomic mass is 35.5. The second-order valence-electron chi connectivity index (χ2n) is 5.01. The van der Waals surface area contributed by atoms with Gasteiger partial charge in [0.25, 0.3) is 0 Å². The zero-order valence-corrected chi connectivity index (χ0v) is 16.3. The number of nitrogens with zero attached hydrogens (tertiary/aromatic N) is 4. The molecule has 0 aliphatic rings. The predicted octanol–water partition coefficient (Wildman–Crippen LogP) is 7.48. The Bertz CT molecular complexity index is 1030. The van der Waals surface area contributed by atoms with Crippen LogP contribution in [0.25, 0.3) is 11.6 Å². The molecule has 3 rings (SSSR count). The van der Waals surface area contributed by atoms with E-state index in [2.05, 4.69) is 21.3 Å². The summed E-state index contributed by atoms with van der Waals surface area (Å²) >= 11 is 19.3. The minimum atomic E-state index is 0.295. The van der Waals surface area contributed by atoms with E-state index in [9.17, 15) is 5.26 Å². The van der Waals surface area contributed by atoms with Crippen LogP contribution in [0.3, 0.4) is 0 Å². The van der Waals surface area contributed by atoms with Gasteiger partial charge in [-0.3, -0.25) is 0 Å². The fourth-order valence-corrected chi connectivity index (χ4v) is 3.73. The highest BCUT2D eigenvalue weighted by molar-refractivity contribution is 7.16. The van der Waals surface area contributed by atoms with Crippen molar-refractivity contribution >= 4 is 68.5 Å². The van der Waals surface area contributed by atoms with Crippen molar-refractivity contribution in [2.45, 2.75) is 6.92 Å². The van der Waals surface area contributed by atoms with Crippen LogP contribution >= 0.6 is 46.1 Å². The van der Waals surface area contributed by atoms with Gasteiger partial charge in [-0.25, -0.2) is 4.98 Å². The standard InChI is InChI=1S/C17H9Cl3N4OS/c1-9-16(24-23-15-13(19)6-11(18)7-14(15)20)26-17(22-9)10(8-21)5-12-3-2-4-25-12/h2-7H,1H3/b10-5+,24-23?. The number of azo groups is 1. The molecule has 0 aliphatic carbocycles. The average molecular weight is 424 g/mol. The third-order valence-corrected chi connectivity index (χ3v) is 5.04. The molecule has 5 nitrogen and oxygen atoms in total. The lowest BCUT2D eigenvalue weighted by atomic mass is 10.2. The van der Waals surface area contributed by atoms with Gasteiger partial charge < -0.3 is 4.42 Å². The number of furan rings is 1. The van der Waals surface area contributed by atoms with E-state index in [1.54, 1.807) is 25.1 Å². The maximum atomic E-state index is 9.39. The topological polar surface area (TPSA) is 74.5 Å². The number of rotatable bonds is 4. The van der Waals surface area contributed by atoms with Gasteiger partial charge in [0, 0.05) is 11.1 Å². The summed E-state index contributed by atoms with van der Waals surface area (Å²) in [5.74, 6) is 0.567. The van der Waals surface area contributed by atoms with Gasteiger partial charge in [0.2, 0.25) is 0 Å². The van der Waals surface area contributed by atoms with Gasteiger partial charge in [-0.2, -0.15) is 5.26 Å². The van der Waals surface area contributed by atoms with E-state index in [4.69, 9.17) is 39.2 Å². The Kier molecular flexibility index (Phi) is 5.74. The molecule has 1 aromatic carbocycles. The molecule has 0 spiro atoms. The zero-order chi connectivity index (χ0) is 18.7. The lowest BCUT2D eigenvalue weighted by molar-refractivity contribution is 0.557. The molecule has 0 unspecified atom stereocenters. The molecule has 3 aromatic rings. The van der Waals surface area contributed by atoms with Crippen molar-refractivity contribution in [3.05, 3.63) is 62.1 Å². The second-order valence-corrected chi connectivity index (χ2v) is 7.24. The molecule has 0 aliphatic heterocycles. The van der Waals surface area contributed by atoms with Crippen LogP contribution in [0, 0.1) is 18.3 Å². The Hall–Kier alpha value is -2.17. The van der Waals surface area contributed by atoms with Crippen LogP contribution in [0.5, 0.6) is 0 Å². The van der Waals surface area contributed by atoms with Crippen molar-refractivity contribution in [3.63, 3.8) is 0 Å². The Morgan fingerprint density at radius 2 is 2.00 bits per heavy atom. The summed E-state index contributed by atoms with van der Waals surface area (Å²) in [6.07, 6.45) is 3.15. The number of aromatic nitrogens is 1. The fourth-order valence-electron chi connectivity index (χ4n) is 1.98. The van der Waals surface area contributed by atoms with E-state index in [-0.39, 0.29) is 0 Å². The summed E-state index contributed by atoms with van der Waals surface area (Å²) in [7, 11) is 0. The van der Waals surface area contributed by atoms with Crippen LogP contribution in [0.4, 0.5) is 10.7 Å². The zero-order valence-electron chi connectivity index (χ0n) is 13.2. The first-order valence-electron chi connectivity index (χ1n) is 7.17. The van der Waals surface area contributed by atoms with Crippen LogP contribution in [0.2, 0.25) is 15.1 Å². The second kappa shape index (κ2) is 8.02. The van der Waals surface area contributed by atoms with Crippen LogP contribution < -0.4 is 0 Å². The average Bonchev–Trinajstić information content (AvgIpc) is 3.21. The van der Waals surface area contributed by atoms with E-state index in [1.807, 2.05) is 0 Å². The lowest BCUT2D eigenvalue weighted by Gasteiger charge is -2.00. The monoisotopic (exact) mass is 422 g/mol. The molecule has 26 heavy (non-hydrogen) atoms. The first-order chi connectivity index (χ1) is 12.5. The van der Waals surface area contributed by atoms with Crippen molar-refractivity contribution in [1.82, 2.24) is 4.98 Å². The predicted molar refractivity (Wildman–Crippen MR) is 105 cm³/mol. The van der Waals surface area contributed by atoms with Crippen molar-refractivity contribution < 1.29 is 4.42 Å². The van der Waals surface area contributed by atoms with E-state index in [1.165, 1.54) is 29.7 Å². The maximum Gasteiger partial charge on any atom is 0.162 e. The molecule has 0 atom stereocenters. The fraction of sp³-hybridized carbons (Fsp3) is 0.0588. The Morgan fingerprint density at radius 3 is 2.62 bits per heavy atom.